The Kier molecular flexibility index (Phi) is 4.27. The Hall–Kier alpha value is -1.33. The van der Waals surface area contributed by atoms with E-state index < -0.39 is 23.5 Å². The van der Waals surface area contributed by atoms with E-state index in [1.165, 1.54) is 6.07 Å². The van der Waals surface area contributed by atoms with Crippen molar-refractivity contribution in [2.45, 2.75) is 12.5 Å². The lowest BCUT2D eigenvalue weighted by Crippen LogP contribution is -2.17. The second kappa shape index (κ2) is 5.75. The van der Waals surface area contributed by atoms with E-state index in [-0.39, 0.29) is 12.0 Å². The number of benzene rings is 2. The Balaban J connectivity index is 2.31. The van der Waals surface area contributed by atoms with Crippen molar-refractivity contribution in [3.05, 3.63) is 69.4 Å². The lowest BCUT2D eigenvalue weighted by atomic mass is 9.98. The summed E-state index contributed by atoms with van der Waals surface area (Å²) in [6.07, 6.45) is 0.0299. The molecule has 0 spiro atoms. The lowest BCUT2D eigenvalue weighted by Gasteiger charge is -2.15. The van der Waals surface area contributed by atoms with Crippen molar-refractivity contribution in [1.82, 2.24) is 0 Å². The average molecular weight is 330 g/mol. The first-order valence-electron chi connectivity index (χ1n) is 5.62. The highest BCUT2D eigenvalue weighted by Gasteiger charge is 2.19. The van der Waals surface area contributed by atoms with Gasteiger partial charge in [0.15, 0.2) is 0 Å². The molecule has 0 bridgehead atoms. The molecule has 0 amide bonds. The maximum absolute atomic E-state index is 13.7. The van der Waals surface area contributed by atoms with Gasteiger partial charge < -0.3 is 5.73 Å². The fourth-order valence-corrected chi connectivity index (χ4v) is 2.31. The minimum absolute atomic E-state index is 0.0299. The summed E-state index contributed by atoms with van der Waals surface area (Å²) in [6, 6.07) is 7.37. The fraction of sp³-hybridized carbons (Fsp3) is 0.143. The van der Waals surface area contributed by atoms with Gasteiger partial charge in [-0.2, -0.15) is 0 Å². The second-order valence-corrected chi connectivity index (χ2v) is 5.10. The van der Waals surface area contributed by atoms with Gasteiger partial charge in [0.2, 0.25) is 0 Å². The zero-order valence-electron chi connectivity index (χ0n) is 9.84. The van der Waals surface area contributed by atoms with E-state index >= 15 is 0 Å². The van der Waals surface area contributed by atoms with Crippen molar-refractivity contribution >= 4 is 15.9 Å². The number of halogens is 4. The Morgan fingerprint density at radius 1 is 1.00 bits per heavy atom. The van der Waals surface area contributed by atoms with Gasteiger partial charge in [-0.15, -0.1) is 0 Å². The first kappa shape index (κ1) is 14.1. The van der Waals surface area contributed by atoms with Gasteiger partial charge in [0.05, 0.1) is 0 Å². The van der Waals surface area contributed by atoms with Crippen molar-refractivity contribution in [3.8, 4) is 0 Å². The van der Waals surface area contributed by atoms with Gasteiger partial charge in [-0.05, 0) is 30.2 Å². The first-order valence-corrected chi connectivity index (χ1v) is 6.41. The normalized spacial score (nSPS) is 12.5. The van der Waals surface area contributed by atoms with Crippen molar-refractivity contribution in [3.63, 3.8) is 0 Å². The fourth-order valence-electron chi connectivity index (χ4n) is 1.91. The maximum atomic E-state index is 13.7. The molecular weight excluding hydrogens is 319 g/mol. The van der Waals surface area contributed by atoms with Gasteiger partial charge in [0, 0.05) is 16.1 Å². The molecular formula is C14H11BrF3N. The Bertz CT molecular complexity index is 578. The van der Waals surface area contributed by atoms with Crippen molar-refractivity contribution in [2.75, 3.05) is 0 Å². The Morgan fingerprint density at radius 2 is 1.58 bits per heavy atom. The van der Waals surface area contributed by atoms with Crippen LogP contribution in [0.1, 0.15) is 17.2 Å². The molecule has 0 radical (unpaired) electrons. The summed E-state index contributed by atoms with van der Waals surface area (Å²) < 4.78 is 41.2. The molecule has 100 valence electrons. The van der Waals surface area contributed by atoms with Crippen LogP contribution in [-0.2, 0) is 6.42 Å². The summed E-state index contributed by atoms with van der Waals surface area (Å²) in [4.78, 5) is 0. The van der Waals surface area contributed by atoms with Gasteiger partial charge >= 0.3 is 0 Å². The van der Waals surface area contributed by atoms with E-state index in [2.05, 4.69) is 15.9 Å². The molecule has 5 heteroatoms. The van der Waals surface area contributed by atoms with Gasteiger partial charge in [-0.25, -0.2) is 13.2 Å². The van der Waals surface area contributed by atoms with Crippen LogP contribution in [0.3, 0.4) is 0 Å². The van der Waals surface area contributed by atoms with Gasteiger partial charge in [-0.1, -0.05) is 34.1 Å². The van der Waals surface area contributed by atoms with Crippen LogP contribution in [0.2, 0.25) is 0 Å². The summed E-state index contributed by atoms with van der Waals surface area (Å²) >= 11 is 2.99. The molecule has 1 nitrogen and oxygen atoms in total. The number of nitrogens with two attached hydrogens (primary N) is 1. The van der Waals surface area contributed by atoms with Crippen LogP contribution in [-0.4, -0.2) is 0 Å². The van der Waals surface area contributed by atoms with E-state index in [9.17, 15) is 13.2 Å². The maximum Gasteiger partial charge on any atom is 0.132 e. The first-order chi connectivity index (χ1) is 8.99. The molecule has 0 aliphatic rings. The molecule has 0 aromatic heterocycles. The summed E-state index contributed by atoms with van der Waals surface area (Å²) in [5.41, 5.74) is 5.89. The standard InChI is InChI=1S/C14H11BrF3N/c15-9-6-11(17)14(12(18)7-9)13(19)5-8-3-1-2-4-10(8)16/h1-4,6-7,13H,5,19H2. The topological polar surface area (TPSA) is 26.0 Å². The molecule has 0 heterocycles. The van der Waals surface area contributed by atoms with Crippen LogP contribution in [0.5, 0.6) is 0 Å². The molecule has 2 N–H and O–H groups in total. The van der Waals surface area contributed by atoms with Crippen molar-refractivity contribution in [2.24, 2.45) is 5.73 Å². The Labute approximate surface area is 117 Å². The van der Waals surface area contributed by atoms with Crippen molar-refractivity contribution in [1.29, 1.82) is 0 Å². The summed E-state index contributed by atoms with van der Waals surface area (Å²) in [6.45, 7) is 0. The van der Waals surface area contributed by atoms with E-state index in [1.54, 1.807) is 18.2 Å². The van der Waals surface area contributed by atoms with Crippen LogP contribution in [0.25, 0.3) is 0 Å². The van der Waals surface area contributed by atoms with E-state index in [4.69, 9.17) is 5.73 Å². The molecule has 2 aromatic rings. The summed E-state index contributed by atoms with van der Waals surface area (Å²) in [5, 5.41) is 0. The summed E-state index contributed by atoms with van der Waals surface area (Å²) in [5.74, 6) is -1.91. The van der Waals surface area contributed by atoms with E-state index in [1.807, 2.05) is 0 Å². The highest BCUT2D eigenvalue weighted by Crippen LogP contribution is 2.26. The molecule has 0 aliphatic heterocycles. The van der Waals surface area contributed by atoms with E-state index in [0.29, 0.717) is 10.0 Å². The average Bonchev–Trinajstić information content (AvgIpc) is 2.30. The van der Waals surface area contributed by atoms with Crippen LogP contribution >= 0.6 is 15.9 Å². The molecule has 0 saturated carbocycles. The third-order valence-corrected chi connectivity index (χ3v) is 3.27. The molecule has 2 aromatic carbocycles. The molecule has 0 fully saturated rings. The van der Waals surface area contributed by atoms with Crippen molar-refractivity contribution < 1.29 is 13.2 Å². The molecule has 2 rings (SSSR count). The smallest absolute Gasteiger partial charge is 0.132 e. The minimum atomic E-state index is -0.940. The number of hydrogen-bond acceptors (Lipinski definition) is 1. The van der Waals surface area contributed by atoms with Crippen LogP contribution in [0.4, 0.5) is 13.2 Å². The molecule has 1 unspecified atom stereocenters. The van der Waals surface area contributed by atoms with Crippen LogP contribution in [0.15, 0.2) is 40.9 Å². The number of rotatable bonds is 3. The molecule has 19 heavy (non-hydrogen) atoms. The molecule has 0 saturated heterocycles. The van der Waals surface area contributed by atoms with Crippen LogP contribution < -0.4 is 5.73 Å². The van der Waals surface area contributed by atoms with Gasteiger partial charge in [0.25, 0.3) is 0 Å². The summed E-state index contributed by atoms with van der Waals surface area (Å²) in [7, 11) is 0. The van der Waals surface area contributed by atoms with E-state index in [0.717, 1.165) is 12.1 Å². The zero-order chi connectivity index (χ0) is 14.0. The minimum Gasteiger partial charge on any atom is -0.323 e. The quantitative estimate of drug-likeness (QED) is 0.901. The zero-order valence-corrected chi connectivity index (χ0v) is 11.4. The largest absolute Gasteiger partial charge is 0.323 e. The molecule has 1 atom stereocenters. The SMILES string of the molecule is NC(Cc1ccccc1F)c1c(F)cc(Br)cc1F. The Morgan fingerprint density at radius 3 is 2.16 bits per heavy atom. The second-order valence-electron chi connectivity index (χ2n) is 4.19. The molecule has 0 aliphatic carbocycles. The highest BCUT2D eigenvalue weighted by atomic mass is 79.9. The predicted molar refractivity (Wildman–Crippen MR) is 71.1 cm³/mol. The van der Waals surface area contributed by atoms with Gasteiger partial charge in [-0.3, -0.25) is 0 Å². The van der Waals surface area contributed by atoms with Crippen LogP contribution in [0, 0.1) is 17.5 Å². The highest BCUT2D eigenvalue weighted by molar-refractivity contribution is 9.10. The lowest BCUT2D eigenvalue weighted by molar-refractivity contribution is 0.517. The third-order valence-electron chi connectivity index (χ3n) is 2.81. The van der Waals surface area contributed by atoms with Gasteiger partial charge in [0.1, 0.15) is 17.5 Å². The predicted octanol–water partition coefficient (Wildman–Crippen LogP) is 4.11. The monoisotopic (exact) mass is 329 g/mol. The number of hydrogen-bond donors (Lipinski definition) is 1. The third kappa shape index (κ3) is 3.16.